The molecule has 1 aromatic carbocycles. The Morgan fingerprint density at radius 1 is 1.53 bits per heavy atom. The average Bonchev–Trinajstić information content (AvgIpc) is 2.26. The number of hydrogen-bond donors (Lipinski definition) is 2. The van der Waals surface area contributed by atoms with E-state index < -0.39 is 0 Å². The SMILES string of the molecule is CCOCCNc1ccc(N)c(C#N)c1. The van der Waals surface area contributed by atoms with Crippen LogP contribution in [0.2, 0.25) is 0 Å². The molecule has 80 valence electrons. The Hall–Kier alpha value is -1.73. The van der Waals surface area contributed by atoms with E-state index in [2.05, 4.69) is 5.32 Å². The molecular formula is C11H15N3O. The van der Waals surface area contributed by atoms with Gasteiger partial charge in [-0.2, -0.15) is 5.26 Å². The highest BCUT2D eigenvalue weighted by atomic mass is 16.5. The van der Waals surface area contributed by atoms with Crippen molar-refractivity contribution in [3.05, 3.63) is 23.8 Å². The summed E-state index contributed by atoms with van der Waals surface area (Å²) in [6, 6.07) is 7.35. The highest BCUT2D eigenvalue weighted by molar-refractivity contribution is 5.61. The monoisotopic (exact) mass is 205 g/mol. The third-order valence-electron chi connectivity index (χ3n) is 1.95. The van der Waals surface area contributed by atoms with Crippen molar-refractivity contribution in [2.24, 2.45) is 0 Å². The van der Waals surface area contributed by atoms with Crippen LogP contribution in [0, 0.1) is 11.3 Å². The number of nitriles is 1. The molecule has 15 heavy (non-hydrogen) atoms. The second-order valence-corrected chi connectivity index (χ2v) is 3.04. The molecule has 0 unspecified atom stereocenters. The summed E-state index contributed by atoms with van der Waals surface area (Å²) in [5, 5.41) is 11.9. The van der Waals surface area contributed by atoms with Crippen LogP contribution in [0.5, 0.6) is 0 Å². The summed E-state index contributed by atoms with van der Waals surface area (Å²) in [6.07, 6.45) is 0. The Labute approximate surface area is 89.7 Å². The van der Waals surface area contributed by atoms with Crippen LogP contribution >= 0.6 is 0 Å². The van der Waals surface area contributed by atoms with Crippen LogP contribution in [0.4, 0.5) is 11.4 Å². The summed E-state index contributed by atoms with van der Waals surface area (Å²) in [4.78, 5) is 0. The molecule has 0 fully saturated rings. The molecule has 0 atom stereocenters. The van der Waals surface area contributed by atoms with Gasteiger partial charge in [-0.25, -0.2) is 0 Å². The van der Waals surface area contributed by atoms with Gasteiger partial charge in [0.1, 0.15) is 6.07 Å². The fourth-order valence-electron chi connectivity index (χ4n) is 1.17. The molecule has 0 spiro atoms. The minimum absolute atomic E-state index is 0.497. The van der Waals surface area contributed by atoms with Crippen LogP contribution in [-0.2, 0) is 4.74 Å². The number of nitrogens with one attached hydrogen (secondary N) is 1. The number of nitrogens with two attached hydrogens (primary N) is 1. The molecule has 0 amide bonds. The Morgan fingerprint density at radius 3 is 3.00 bits per heavy atom. The molecule has 0 aliphatic heterocycles. The summed E-state index contributed by atoms with van der Waals surface area (Å²) in [6.45, 7) is 4.05. The zero-order valence-corrected chi connectivity index (χ0v) is 8.79. The van der Waals surface area contributed by atoms with E-state index in [9.17, 15) is 0 Å². The van der Waals surface area contributed by atoms with Crippen molar-refractivity contribution in [2.45, 2.75) is 6.92 Å². The summed E-state index contributed by atoms with van der Waals surface area (Å²) >= 11 is 0. The summed E-state index contributed by atoms with van der Waals surface area (Å²) in [5.41, 5.74) is 7.49. The normalized spacial score (nSPS) is 9.60. The third-order valence-corrected chi connectivity index (χ3v) is 1.95. The fraction of sp³-hybridized carbons (Fsp3) is 0.364. The lowest BCUT2D eigenvalue weighted by molar-refractivity contribution is 0.158. The topological polar surface area (TPSA) is 71.1 Å². The van der Waals surface area contributed by atoms with Crippen LogP contribution in [0.1, 0.15) is 12.5 Å². The van der Waals surface area contributed by atoms with E-state index in [-0.39, 0.29) is 0 Å². The molecule has 0 aliphatic rings. The molecule has 4 nitrogen and oxygen atoms in total. The molecule has 0 saturated heterocycles. The maximum Gasteiger partial charge on any atom is 0.101 e. The number of ether oxygens (including phenoxy) is 1. The van der Waals surface area contributed by atoms with Crippen LogP contribution in [0.25, 0.3) is 0 Å². The summed E-state index contributed by atoms with van der Waals surface area (Å²) in [5.74, 6) is 0. The van der Waals surface area contributed by atoms with Gasteiger partial charge in [-0.1, -0.05) is 0 Å². The van der Waals surface area contributed by atoms with Crippen molar-refractivity contribution in [3.63, 3.8) is 0 Å². The Morgan fingerprint density at radius 2 is 2.33 bits per heavy atom. The first-order valence-corrected chi connectivity index (χ1v) is 4.89. The summed E-state index contributed by atoms with van der Waals surface area (Å²) < 4.78 is 5.18. The third kappa shape index (κ3) is 3.49. The minimum atomic E-state index is 0.497. The standard InChI is InChI=1S/C11H15N3O/c1-2-15-6-5-14-10-3-4-11(13)9(7-10)8-12/h3-4,7,14H,2,5-6,13H2,1H3. The zero-order chi connectivity index (χ0) is 11.1. The van der Waals surface area contributed by atoms with Gasteiger partial charge in [0.2, 0.25) is 0 Å². The van der Waals surface area contributed by atoms with Gasteiger partial charge >= 0.3 is 0 Å². The van der Waals surface area contributed by atoms with Gasteiger partial charge < -0.3 is 15.8 Å². The summed E-state index contributed by atoms with van der Waals surface area (Å²) in [7, 11) is 0. The van der Waals surface area contributed by atoms with Crippen molar-refractivity contribution < 1.29 is 4.74 Å². The number of benzene rings is 1. The van der Waals surface area contributed by atoms with E-state index in [0.29, 0.717) is 24.5 Å². The lowest BCUT2D eigenvalue weighted by atomic mass is 10.2. The highest BCUT2D eigenvalue weighted by Crippen LogP contribution is 2.16. The van der Waals surface area contributed by atoms with E-state index in [1.807, 2.05) is 19.1 Å². The number of hydrogen-bond acceptors (Lipinski definition) is 4. The molecule has 0 heterocycles. The van der Waals surface area contributed by atoms with Crippen molar-refractivity contribution >= 4 is 11.4 Å². The van der Waals surface area contributed by atoms with E-state index in [1.165, 1.54) is 0 Å². The lowest BCUT2D eigenvalue weighted by Crippen LogP contribution is -2.09. The molecule has 0 aromatic heterocycles. The molecule has 1 rings (SSSR count). The van der Waals surface area contributed by atoms with Gasteiger partial charge in [-0.3, -0.25) is 0 Å². The van der Waals surface area contributed by atoms with Crippen molar-refractivity contribution in [2.75, 3.05) is 30.8 Å². The van der Waals surface area contributed by atoms with Gasteiger partial charge in [0, 0.05) is 24.5 Å². The maximum atomic E-state index is 8.77. The van der Waals surface area contributed by atoms with Crippen molar-refractivity contribution in [1.29, 1.82) is 5.26 Å². The molecule has 3 N–H and O–H groups in total. The van der Waals surface area contributed by atoms with E-state index in [4.69, 9.17) is 15.7 Å². The number of nitrogens with zero attached hydrogens (tertiary/aromatic N) is 1. The highest BCUT2D eigenvalue weighted by Gasteiger charge is 1.99. The lowest BCUT2D eigenvalue weighted by Gasteiger charge is -2.07. The van der Waals surface area contributed by atoms with Crippen LogP contribution in [0.3, 0.4) is 0 Å². The first-order valence-electron chi connectivity index (χ1n) is 4.89. The molecule has 4 heteroatoms. The van der Waals surface area contributed by atoms with Crippen LogP contribution in [-0.4, -0.2) is 19.8 Å². The van der Waals surface area contributed by atoms with Crippen LogP contribution < -0.4 is 11.1 Å². The number of anilines is 2. The van der Waals surface area contributed by atoms with Gasteiger partial charge in [0.05, 0.1) is 12.2 Å². The second kappa shape index (κ2) is 5.89. The zero-order valence-electron chi connectivity index (χ0n) is 8.79. The Bertz CT molecular complexity index is 357. The average molecular weight is 205 g/mol. The van der Waals surface area contributed by atoms with Gasteiger partial charge in [-0.05, 0) is 25.1 Å². The second-order valence-electron chi connectivity index (χ2n) is 3.04. The number of nitrogen functional groups attached to an aromatic ring is 1. The quantitative estimate of drug-likeness (QED) is 0.565. The van der Waals surface area contributed by atoms with Crippen molar-refractivity contribution in [1.82, 2.24) is 0 Å². The van der Waals surface area contributed by atoms with E-state index in [0.717, 1.165) is 12.2 Å². The molecule has 0 radical (unpaired) electrons. The molecule has 1 aromatic rings. The van der Waals surface area contributed by atoms with Gasteiger partial charge in [-0.15, -0.1) is 0 Å². The molecule has 0 saturated carbocycles. The van der Waals surface area contributed by atoms with E-state index in [1.54, 1.807) is 12.1 Å². The van der Waals surface area contributed by atoms with Gasteiger partial charge in [0.15, 0.2) is 0 Å². The Balaban J connectivity index is 2.52. The number of rotatable bonds is 5. The predicted octanol–water partition coefficient (Wildman–Crippen LogP) is 1.59. The Kier molecular flexibility index (Phi) is 4.45. The van der Waals surface area contributed by atoms with Gasteiger partial charge in [0.25, 0.3) is 0 Å². The molecule has 0 aliphatic carbocycles. The first kappa shape index (κ1) is 11.3. The predicted molar refractivity (Wildman–Crippen MR) is 60.6 cm³/mol. The maximum absolute atomic E-state index is 8.77. The van der Waals surface area contributed by atoms with Crippen molar-refractivity contribution in [3.8, 4) is 6.07 Å². The molecule has 0 bridgehead atoms. The first-order chi connectivity index (χ1) is 7.27. The van der Waals surface area contributed by atoms with Crippen LogP contribution in [0.15, 0.2) is 18.2 Å². The fourth-order valence-corrected chi connectivity index (χ4v) is 1.17. The van der Waals surface area contributed by atoms with E-state index >= 15 is 0 Å². The largest absolute Gasteiger partial charge is 0.398 e. The molecular weight excluding hydrogens is 190 g/mol. The smallest absolute Gasteiger partial charge is 0.101 e. The minimum Gasteiger partial charge on any atom is -0.398 e.